The number of ether oxygens (including phenoxy) is 1. The second kappa shape index (κ2) is 10.7. The molecule has 2 amide bonds. The Hall–Kier alpha value is -3.53. The minimum absolute atomic E-state index is 0.0343. The Morgan fingerprint density at radius 3 is 2.71 bits per heavy atom. The largest absolute Gasteiger partial charge is 0.493 e. The van der Waals surface area contributed by atoms with Crippen molar-refractivity contribution < 1.29 is 23.8 Å². The van der Waals surface area contributed by atoms with Gasteiger partial charge in [-0.05, 0) is 76.0 Å². The number of fused-ring (bicyclic) bond motifs is 1. The molecule has 1 aromatic carbocycles. The molecule has 0 saturated heterocycles. The zero-order valence-electron chi connectivity index (χ0n) is 21.9. The Morgan fingerprint density at radius 2 is 2.00 bits per heavy atom. The van der Waals surface area contributed by atoms with Crippen LogP contribution in [-0.2, 0) is 4.79 Å². The van der Waals surface area contributed by atoms with E-state index in [1.54, 1.807) is 6.07 Å². The highest BCUT2D eigenvalue weighted by Gasteiger charge is 2.32. The first kappa shape index (κ1) is 26.1. The lowest BCUT2D eigenvalue weighted by Gasteiger charge is -2.35. The summed E-state index contributed by atoms with van der Waals surface area (Å²) in [5, 5.41) is 15.5. The summed E-state index contributed by atoms with van der Waals surface area (Å²) >= 11 is 0. The average Bonchev–Trinajstić information content (AvgIpc) is 3.64. The summed E-state index contributed by atoms with van der Waals surface area (Å²) in [4.78, 5) is 37.4. The number of halogens is 1. The molecular formula is C28H34FN5O4. The number of carbonyl (C=O) groups excluding carboxylic acids is 2. The van der Waals surface area contributed by atoms with E-state index in [1.807, 2.05) is 13.8 Å². The number of nitrogens with one attached hydrogen (secondary N) is 3. The highest BCUT2D eigenvalue weighted by atomic mass is 19.1. The summed E-state index contributed by atoms with van der Waals surface area (Å²) in [5.41, 5.74) is 3.07. The molecule has 10 heteroatoms. The van der Waals surface area contributed by atoms with Crippen LogP contribution in [0.5, 0.6) is 5.75 Å². The van der Waals surface area contributed by atoms with Crippen LogP contribution < -0.4 is 15.4 Å². The number of aliphatic hydroxyl groups is 1. The number of aromatic amines is 1. The number of benzene rings is 1. The zero-order valence-corrected chi connectivity index (χ0v) is 21.9. The van der Waals surface area contributed by atoms with Crippen molar-refractivity contribution in [2.45, 2.75) is 71.1 Å². The van der Waals surface area contributed by atoms with E-state index >= 15 is 0 Å². The minimum Gasteiger partial charge on any atom is -0.493 e. The van der Waals surface area contributed by atoms with E-state index in [9.17, 15) is 19.1 Å². The molecule has 3 aromatic rings. The van der Waals surface area contributed by atoms with E-state index in [-0.39, 0.29) is 29.8 Å². The van der Waals surface area contributed by atoms with Gasteiger partial charge < -0.3 is 25.5 Å². The third kappa shape index (κ3) is 5.50. The van der Waals surface area contributed by atoms with Gasteiger partial charge in [-0.15, -0.1) is 0 Å². The quantitative estimate of drug-likeness (QED) is 0.357. The molecule has 9 nitrogen and oxygen atoms in total. The summed E-state index contributed by atoms with van der Waals surface area (Å²) in [6.45, 7) is 5.87. The summed E-state index contributed by atoms with van der Waals surface area (Å²) in [6, 6.07) is 4.28. The molecule has 2 aliphatic carbocycles. The van der Waals surface area contributed by atoms with E-state index in [4.69, 9.17) is 4.74 Å². The highest BCUT2D eigenvalue weighted by molar-refractivity contribution is 6.09. The molecule has 2 aromatic heterocycles. The topological polar surface area (TPSA) is 129 Å². The maximum atomic E-state index is 14.3. The second-order valence-corrected chi connectivity index (χ2v) is 10.7. The number of nitrogens with zero attached hydrogens (tertiary/aromatic N) is 2. The van der Waals surface area contributed by atoms with Crippen LogP contribution in [0.3, 0.4) is 0 Å². The molecule has 0 radical (unpaired) electrons. The van der Waals surface area contributed by atoms with Crippen molar-refractivity contribution in [1.29, 1.82) is 0 Å². The number of aromatic nitrogens is 3. The van der Waals surface area contributed by atoms with Crippen molar-refractivity contribution >= 4 is 22.8 Å². The van der Waals surface area contributed by atoms with E-state index in [2.05, 4.69) is 25.6 Å². The lowest BCUT2D eigenvalue weighted by Crippen LogP contribution is -2.49. The fourth-order valence-electron chi connectivity index (χ4n) is 5.21. The van der Waals surface area contributed by atoms with Crippen molar-refractivity contribution in [2.75, 3.05) is 6.61 Å². The molecule has 2 heterocycles. The maximum absolute atomic E-state index is 14.3. The first-order chi connectivity index (χ1) is 18.2. The predicted octanol–water partition coefficient (Wildman–Crippen LogP) is 3.65. The number of carbonyl (C=O) groups is 2. The van der Waals surface area contributed by atoms with E-state index < -0.39 is 11.9 Å². The lowest BCUT2D eigenvalue weighted by molar-refractivity contribution is -0.129. The number of rotatable bonds is 8. The molecule has 5 rings (SSSR count). The van der Waals surface area contributed by atoms with Gasteiger partial charge in [0, 0.05) is 23.3 Å². The SMILES string of the molecule is Cc1[nH]c2c(-c3cc(F)ccc3OCC3CC3)ncnc2c1C(=O)N[C@@H]1CC[C@@H](NC(=O)[C@H](C)O)C[C@H]1C. The first-order valence-corrected chi connectivity index (χ1v) is 13.3. The van der Waals surface area contributed by atoms with Crippen molar-refractivity contribution in [1.82, 2.24) is 25.6 Å². The summed E-state index contributed by atoms with van der Waals surface area (Å²) in [7, 11) is 0. The van der Waals surface area contributed by atoms with Crippen LogP contribution in [0.2, 0.25) is 0 Å². The van der Waals surface area contributed by atoms with Gasteiger partial charge in [0.2, 0.25) is 5.91 Å². The molecule has 202 valence electrons. The van der Waals surface area contributed by atoms with Gasteiger partial charge in [0.15, 0.2) is 0 Å². The van der Waals surface area contributed by atoms with Crippen molar-refractivity contribution in [3.8, 4) is 17.0 Å². The third-order valence-electron chi connectivity index (χ3n) is 7.58. The molecule has 2 saturated carbocycles. The number of H-pyrrole nitrogens is 1. The highest BCUT2D eigenvalue weighted by Crippen LogP contribution is 2.37. The summed E-state index contributed by atoms with van der Waals surface area (Å²) < 4.78 is 20.3. The molecule has 4 atom stereocenters. The number of hydrogen-bond donors (Lipinski definition) is 4. The van der Waals surface area contributed by atoms with Crippen molar-refractivity contribution in [3.05, 3.63) is 41.6 Å². The van der Waals surface area contributed by atoms with Crippen LogP contribution in [0.25, 0.3) is 22.3 Å². The average molecular weight is 524 g/mol. The molecule has 2 fully saturated rings. The number of aliphatic hydroxyl groups excluding tert-OH is 1. The molecule has 38 heavy (non-hydrogen) atoms. The van der Waals surface area contributed by atoms with Crippen molar-refractivity contribution in [2.24, 2.45) is 11.8 Å². The van der Waals surface area contributed by atoms with E-state index in [1.165, 1.54) is 25.4 Å². The van der Waals surface area contributed by atoms with Gasteiger partial charge in [-0.1, -0.05) is 6.92 Å². The Kier molecular flexibility index (Phi) is 7.34. The first-order valence-electron chi connectivity index (χ1n) is 13.3. The number of hydrogen-bond acceptors (Lipinski definition) is 6. The van der Waals surface area contributed by atoms with Gasteiger partial charge in [0.1, 0.15) is 35.2 Å². The third-order valence-corrected chi connectivity index (χ3v) is 7.58. The van der Waals surface area contributed by atoms with Crippen LogP contribution in [0, 0.1) is 24.6 Å². The van der Waals surface area contributed by atoms with Gasteiger partial charge in [0.05, 0.1) is 17.7 Å². The van der Waals surface area contributed by atoms with Crippen LogP contribution >= 0.6 is 0 Å². The Labute approximate surface area is 220 Å². The van der Waals surface area contributed by atoms with Crippen LogP contribution in [0.4, 0.5) is 4.39 Å². The lowest BCUT2D eigenvalue weighted by atomic mass is 9.82. The van der Waals surface area contributed by atoms with E-state index in [0.717, 1.165) is 12.8 Å². The van der Waals surface area contributed by atoms with Gasteiger partial charge in [-0.3, -0.25) is 9.59 Å². The second-order valence-electron chi connectivity index (χ2n) is 10.7. The molecule has 0 spiro atoms. The smallest absolute Gasteiger partial charge is 0.255 e. The fourth-order valence-corrected chi connectivity index (χ4v) is 5.21. The number of aryl methyl sites for hydroxylation is 1. The van der Waals surface area contributed by atoms with Gasteiger partial charge in [0.25, 0.3) is 5.91 Å². The molecule has 0 unspecified atom stereocenters. The van der Waals surface area contributed by atoms with Gasteiger partial charge >= 0.3 is 0 Å². The molecule has 0 bridgehead atoms. The van der Waals surface area contributed by atoms with Crippen LogP contribution in [0.1, 0.15) is 62.0 Å². The van der Waals surface area contributed by atoms with Crippen LogP contribution in [-0.4, -0.2) is 56.7 Å². The van der Waals surface area contributed by atoms with Gasteiger partial charge in [-0.25, -0.2) is 14.4 Å². The standard InChI is InChI=1S/C28H34FN5O4/c1-14-10-19(33-27(36)16(3)35)7-8-21(14)34-28(37)23-15(2)32-26-24(30-13-31-25(23)26)20-11-18(29)6-9-22(20)38-12-17-4-5-17/h6,9,11,13-14,16-17,19,21,32,35H,4-5,7-8,10,12H2,1-3H3,(H,33,36)(H,34,37)/t14-,16+,19-,21-/m1/s1. The Morgan fingerprint density at radius 1 is 1.21 bits per heavy atom. The Bertz CT molecular complexity index is 1350. The predicted molar refractivity (Wildman–Crippen MR) is 140 cm³/mol. The normalized spacial score (nSPS) is 22.2. The van der Waals surface area contributed by atoms with Crippen LogP contribution in [0.15, 0.2) is 24.5 Å². The maximum Gasteiger partial charge on any atom is 0.255 e. The van der Waals surface area contributed by atoms with Crippen molar-refractivity contribution in [3.63, 3.8) is 0 Å². The fraction of sp³-hybridized carbons (Fsp3) is 0.500. The summed E-state index contributed by atoms with van der Waals surface area (Å²) in [6.07, 6.45) is 4.72. The van der Waals surface area contributed by atoms with Gasteiger partial charge in [-0.2, -0.15) is 0 Å². The minimum atomic E-state index is -1.05. The Balaban J connectivity index is 1.37. The molecule has 0 aliphatic heterocycles. The zero-order chi connectivity index (χ0) is 27.0. The summed E-state index contributed by atoms with van der Waals surface area (Å²) in [5.74, 6) is 0.181. The molecule has 4 N–H and O–H groups in total. The van der Waals surface area contributed by atoms with E-state index in [0.29, 0.717) is 71.1 Å². The number of amides is 2. The monoisotopic (exact) mass is 523 g/mol. The molecular weight excluding hydrogens is 489 g/mol. The molecule has 2 aliphatic rings.